The summed E-state index contributed by atoms with van der Waals surface area (Å²) in [6, 6.07) is 1.58. The highest BCUT2D eigenvalue weighted by atomic mass is 16.1. The third-order valence-electron chi connectivity index (χ3n) is 4.55. The minimum absolute atomic E-state index is 0.166. The molecule has 0 amide bonds. The van der Waals surface area contributed by atoms with Crippen LogP contribution in [-0.2, 0) is 6.54 Å². The first-order valence-electron chi connectivity index (χ1n) is 8.67. The van der Waals surface area contributed by atoms with Gasteiger partial charge in [0, 0.05) is 17.5 Å². The van der Waals surface area contributed by atoms with E-state index >= 15 is 0 Å². The van der Waals surface area contributed by atoms with E-state index in [9.17, 15) is 4.79 Å². The highest BCUT2D eigenvalue weighted by Gasteiger charge is 2.13. The summed E-state index contributed by atoms with van der Waals surface area (Å²) in [5.74, 6) is 1.11. The average molecular weight is 335 g/mol. The molecule has 0 radical (unpaired) electrons. The fourth-order valence-corrected chi connectivity index (χ4v) is 3.16. The molecule has 0 spiro atoms. The monoisotopic (exact) mass is 335 g/mol. The van der Waals surface area contributed by atoms with Crippen molar-refractivity contribution in [1.29, 1.82) is 0 Å². The predicted molar refractivity (Wildman–Crippen MR) is 97.9 cm³/mol. The molecule has 0 aromatic carbocycles. The number of rotatable bonds is 4. The molecule has 2 aromatic heterocycles. The molecule has 2 aromatic rings. The minimum Gasteiger partial charge on any atom is -0.380 e. The van der Waals surface area contributed by atoms with Crippen LogP contribution in [0.25, 0.3) is 11.4 Å². The number of aromatic amines is 1. The number of aromatic nitrogens is 4. The Hall–Kier alpha value is -2.89. The lowest BCUT2D eigenvalue weighted by Crippen LogP contribution is -2.20. The Labute approximate surface area is 145 Å². The van der Waals surface area contributed by atoms with Crippen LogP contribution in [0.5, 0.6) is 0 Å². The molecule has 25 heavy (non-hydrogen) atoms. The highest BCUT2D eigenvalue weighted by molar-refractivity contribution is 5.63. The van der Waals surface area contributed by atoms with Crippen molar-refractivity contribution in [2.45, 2.75) is 39.2 Å². The maximum Gasteiger partial charge on any atom is 0.275 e. The maximum atomic E-state index is 12.4. The molecule has 4 rings (SSSR count). The largest absolute Gasteiger partial charge is 0.380 e. The minimum atomic E-state index is -0.166. The SMILES string of the molecule is CC1=CCCC=C1NCc1cc(=O)n2nc(C3=CC=CCC3)nc2[nH]1. The number of nitrogens with zero attached hydrogens (tertiary/aromatic N) is 3. The number of hydrogen-bond donors (Lipinski definition) is 2. The van der Waals surface area contributed by atoms with E-state index in [2.05, 4.69) is 45.5 Å². The van der Waals surface area contributed by atoms with Crippen LogP contribution in [-0.4, -0.2) is 19.6 Å². The molecule has 0 bridgehead atoms. The van der Waals surface area contributed by atoms with Crippen molar-refractivity contribution in [3.63, 3.8) is 0 Å². The van der Waals surface area contributed by atoms with E-state index in [1.807, 2.05) is 12.2 Å². The molecule has 0 fully saturated rings. The molecule has 6 heteroatoms. The van der Waals surface area contributed by atoms with E-state index < -0.39 is 0 Å². The van der Waals surface area contributed by atoms with E-state index in [4.69, 9.17) is 0 Å². The normalized spacial score (nSPS) is 17.2. The molecule has 0 unspecified atom stereocenters. The van der Waals surface area contributed by atoms with Gasteiger partial charge in [-0.05, 0) is 43.8 Å². The van der Waals surface area contributed by atoms with Gasteiger partial charge in [0.2, 0.25) is 5.78 Å². The van der Waals surface area contributed by atoms with Gasteiger partial charge in [-0.15, -0.1) is 5.10 Å². The van der Waals surface area contributed by atoms with E-state index in [-0.39, 0.29) is 5.56 Å². The Morgan fingerprint density at radius 1 is 1.28 bits per heavy atom. The average Bonchev–Trinajstić information content (AvgIpc) is 3.07. The Balaban J connectivity index is 1.60. The third kappa shape index (κ3) is 3.20. The molecule has 0 saturated heterocycles. The van der Waals surface area contributed by atoms with Gasteiger partial charge in [-0.3, -0.25) is 4.79 Å². The highest BCUT2D eigenvalue weighted by Crippen LogP contribution is 2.20. The molecule has 128 valence electrons. The molecule has 6 nitrogen and oxygen atoms in total. The van der Waals surface area contributed by atoms with Gasteiger partial charge in [0.1, 0.15) is 0 Å². The summed E-state index contributed by atoms with van der Waals surface area (Å²) in [5, 5.41) is 7.75. The van der Waals surface area contributed by atoms with Crippen molar-refractivity contribution in [2.75, 3.05) is 0 Å². The van der Waals surface area contributed by atoms with Gasteiger partial charge in [-0.25, -0.2) is 0 Å². The molecule has 2 heterocycles. The number of nitrogens with one attached hydrogen (secondary N) is 2. The van der Waals surface area contributed by atoms with Crippen LogP contribution < -0.4 is 10.9 Å². The summed E-state index contributed by atoms with van der Waals surface area (Å²) in [7, 11) is 0. The first kappa shape index (κ1) is 15.6. The first-order chi connectivity index (χ1) is 12.2. The number of hydrogen-bond acceptors (Lipinski definition) is 4. The summed E-state index contributed by atoms with van der Waals surface area (Å²) in [4.78, 5) is 20.1. The van der Waals surface area contributed by atoms with E-state index in [0.29, 0.717) is 18.1 Å². The number of fused-ring (bicyclic) bond motifs is 1. The molecular weight excluding hydrogens is 314 g/mol. The van der Waals surface area contributed by atoms with Crippen LogP contribution in [0.15, 0.2) is 52.5 Å². The lowest BCUT2D eigenvalue weighted by molar-refractivity contribution is 0.763. The second-order valence-electron chi connectivity index (χ2n) is 6.40. The predicted octanol–water partition coefficient (Wildman–Crippen LogP) is 2.86. The smallest absolute Gasteiger partial charge is 0.275 e. The zero-order chi connectivity index (χ0) is 17.2. The van der Waals surface area contributed by atoms with Crippen LogP contribution in [0.4, 0.5) is 0 Å². The van der Waals surface area contributed by atoms with Crippen molar-refractivity contribution >= 4 is 11.4 Å². The van der Waals surface area contributed by atoms with E-state index in [0.717, 1.165) is 42.6 Å². The summed E-state index contributed by atoms with van der Waals surface area (Å²) in [6.07, 6.45) is 14.6. The quantitative estimate of drug-likeness (QED) is 0.901. The van der Waals surface area contributed by atoms with Crippen molar-refractivity contribution in [1.82, 2.24) is 24.9 Å². The van der Waals surface area contributed by atoms with Gasteiger partial charge in [0.25, 0.3) is 5.56 Å². The number of allylic oxidation sites excluding steroid dienone is 7. The van der Waals surface area contributed by atoms with Crippen LogP contribution in [0.1, 0.15) is 44.1 Å². The molecule has 2 N–H and O–H groups in total. The van der Waals surface area contributed by atoms with Gasteiger partial charge in [-0.1, -0.05) is 30.4 Å². The fraction of sp³-hybridized carbons (Fsp3) is 0.316. The van der Waals surface area contributed by atoms with Crippen molar-refractivity contribution in [2.24, 2.45) is 0 Å². The van der Waals surface area contributed by atoms with E-state index in [1.54, 1.807) is 6.07 Å². The van der Waals surface area contributed by atoms with Gasteiger partial charge in [0.05, 0.1) is 6.54 Å². The van der Waals surface area contributed by atoms with Gasteiger partial charge in [0.15, 0.2) is 5.82 Å². The van der Waals surface area contributed by atoms with Gasteiger partial charge in [-0.2, -0.15) is 9.50 Å². The molecule has 0 aliphatic heterocycles. The Morgan fingerprint density at radius 3 is 2.96 bits per heavy atom. The van der Waals surface area contributed by atoms with Crippen molar-refractivity contribution in [3.8, 4) is 0 Å². The van der Waals surface area contributed by atoms with Crippen LogP contribution in [0.2, 0.25) is 0 Å². The Morgan fingerprint density at radius 2 is 2.16 bits per heavy atom. The number of H-pyrrole nitrogens is 1. The van der Waals surface area contributed by atoms with E-state index in [1.165, 1.54) is 10.1 Å². The lowest BCUT2D eigenvalue weighted by atomic mass is 10.1. The Bertz CT molecular complexity index is 987. The molecule has 2 aliphatic carbocycles. The van der Waals surface area contributed by atoms with Crippen LogP contribution in [0, 0.1) is 0 Å². The van der Waals surface area contributed by atoms with Crippen molar-refractivity contribution < 1.29 is 0 Å². The summed E-state index contributed by atoms with van der Waals surface area (Å²) in [5.41, 5.74) is 4.08. The maximum absolute atomic E-state index is 12.4. The first-order valence-corrected chi connectivity index (χ1v) is 8.67. The fourth-order valence-electron chi connectivity index (χ4n) is 3.16. The van der Waals surface area contributed by atoms with Gasteiger partial charge < -0.3 is 10.3 Å². The third-order valence-corrected chi connectivity index (χ3v) is 4.55. The molecule has 0 saturated carbocycles. The summed E-state index contributed by atoms with van der Waals surface area (Å²) < 4.78 is 1.34. The molecule has 0 atom stereocenters. The zero-order valence-electron chi connectivity index (χ0n) is 14.2. The zero-order valence-corrected chi connectivity index (χ0v) is 14.2. The second-order valence-corrected chi connectivity index (χ2v) is 6.40. The van der Waals surface area contributed by atoms with Crippen LogP contribution in [0.3, 0.4) is 0 Å². The summed E-state index contributed by atoms with van der Waals surface area (Å²) in [6.45, 7) is 2.65. The summed E-state index contributed by atoms with van der Waals surface area (Å²) >= 11 is 0. The second kappa shape index (κ2) is 6.55. The topological polar surface area (TPSA) is 75.1 Å². The van der Waals surface area contributed by atoms with Crippen LogP contribution >= 0.6 is 0 Å². The molecule has 2 aliphatic rings. The van der Waals surface area contributed by atoms with Crippen molar-refractivity contribution in [3.05, 3.63) is 69.6 Å². The Kier molecular flexibility index (Phi) is 4.09. The standard InChI is InChI=1S/C19H21N5O/c1-13-7-5-6-10-16(13)20-12-15-11-17(25)24-19(21-15)22-18(23-24)14-8-3-2-4-9-14/h2-3,7-8,10-11,20H,4-6,9,12H2,1H3,(H,21,22,23). The molecular formula is C19H21N5O. The van der Waals surface area contributed by atoms with Gasteiger partial charge >= 0.3 is 0 Å². The lowest BCUT2D eigenvalue weighted by Gasteiger charge is -2.15.